The third-order valence-electron chi connectivity index (χ3n) is 3.48. The molecule has 0 aliphatic carbocycles. The van der Waals surface area contributed by atoms with E-state index in [1.165, 1.54) is 7.11 Å². The van der Waals surface area contributed by atoms with E-state index >= 15 is 0 Å². The predicted molar refractivity (Wildman–Crippen MR) is 87.4 cm³/mol. The average Bonchev–Trinajstić information content (AvgIpc) is 2.50. The summed E-state index contributed by atoms with van der Waals surface area (Å²) in [7, 11) is 1.36. The quantitative estimate of drug-likeness (QED) is 0.691. The average molecular weight is 297 g/mol. The number of nitrogens with zero attached hydrogens (tertiary/aromatic N) is 1. The van der Waals surface area contributed by atoms with Crippen LogP contribution in [0.5, 0.6) is 5.75 Å². The Bertz CT molecular complexity index is 725. The van der Waals surface area contributed by atoms with Gasteiger partial charge in [0.05, 0.1) is 18.4 Å². The number of phenolic OH excluding ortho intramolecular Hbond substituents is 1. The molecule has 0 heterocycles. The van der Waals surface area contributed by atoms with Crippen LogP contribution in [-0.4, -0.2) is 24.4 Å². The minimum atomic E-state index is -0.358. The fourth-order valence-corrected chi connectivity index (χ4v) is 2.25. The van der Waals surface area contributed by atoms with Gasteiger partial charge in [0.25, 0.3) is 0 Å². The number of hydrogen-bond donors (Lipinski definition) is 1. The Kier molecular flexibility index (Phi) is 4.61. The van der Waals surface area contributed by atoms with E-state index in [9.17, 15) is 9.90 Å². The van der Waals surface area contributed by atoms with Crippen LogP contribution >= 0.6 is 0 Å². The van der Waals surface area contributed by atoms with E-state index in [1.54, 1.807) is 24.4 Å². The number of aryl methyl sites for hydroxylation is 3. The molecule has 0 aliphatic heterocycles. The van der Waals surface area contributed by atoms with Crippen molar-refractivity contribution < 1.29 is 14.6 Å². The number of phenols is 1. The number of carbonyl (C=O) groups excluding carboxylic acids is 1. The van der Waals surface area contributed by atoms with Crippen molar-refractivity contribution in [2.24, 2.45) is 4.99 Å². The first-order valence-corrected chi connectivity index (χ1v) is 6.95. The molecule has 0 spiro atoms. The normalized spacial score (nSPS) is 10.9. The van der Waals surface area contributed by atoms with E-state index in [-0.39, 0.29) is 5.97 Å². The molecule has 0 aromatic heterocycles. The highest BCUT2D eigenvalue weighted by Crippen LogP contribution is 2.24. The van der Waals surface area contributed by atoms with Crippen molar-refractivity contribution in [2.75, 3.05) is 7.11 Å². The smallest absolute Gasteiger partial charge is 0.337 e. The van der Waals surface area contributed by atoms with Crippen molar-refractivity contribution in [3.63, 3.8) is 0 Å². The van der Waals surface area contributed by atoms with E-state index in [4.69, 9.17) is 4.74 Å². The van der Waals surface area contributed by atoms with Crippen molar-refractivity contribution >= 4 is 17.9 Å². The Morgan fingerprint density at radius 1 is 1.09 bits per heavy atom. The minimum Gasteiger partial charge on any atom is -0.507 e. The number of rotatable bonds is 3. The lowest BCUT2D eigenvalue weighted by Crippen LogP contribution is -2.00. The molecule has 0 saturated carbocycles. The van der Waals surface area contributed by atoms with Gasteiger partial charge in [0.2, 0.25) is 0 Å². The first-order valence-electron chi connectivity index (χ1n) is 6.95. The van der Waals surface area contributed by atoms with E-state index in [0.717, 1.165) is 27.9 Å². The maximum atomic E-state index is 11.5. The number of hydrogen-bond acceptors (Lipinski definition) is 4. The van der Waals surface area contributed by atoms with Crippen LogP contribution in [0.25, 0.3) is 0 Å². The summed E-state index contributed by atoms with van der Waals surface area (Å²) < 4.78 is 4.70. The summed E-state index contributed by atoms with van der Waals surface area (Å²) in [6.45, 7) is 5.61. The number of methoxy groups -OCH3 is 1. The van der Waals surface area contributed by atoms with Gasteiger partial charge in [-0.3, -0.25) is 4.99 Å². The molecule has 0 amide bonds. The highest BCUT2D eigenvalue weighted by molar-refractivity contribution is 5.90. The summed E-state index contributed by atoms with van der Waals surface area (Å²) in [5.41, 5.74) is 4.75. The molecule has 4 heteroatoms. The first-order chi connectivity index (χ1) is 10.4. The van der Waals surface area contributed by atoms with Gasteiger partial charge >= 0.3 is 5.97 Å². The van der Waals surface area contributed by atoms with Gasteiger partial charge in [-0.05, 0) is 73.4 Å². The largest absolute Gasteiger partial charge is 0.507 e. The monoisotopic (exact) mass is 297 g/mol. The van der Waals surface area contributed by atoms with Crippen LogP contribution in [0.4, 0.5) is 5.69 Å². The van der Waals surface area contributed by atoms with Crippen molar-refractivity contribution in [3.05, 3.63) is 58.1 Å². The number of aliphatic imine (C=N–C) groups is 1. The second-order valence-corrected chi connectivity index (χ2v) is 5.25. The van der Waals surface area contributed by atoms with Gasteiger partial charge < -0.3 is 9.84 Å². The van der Waals surface area contributed by atoms with Crippen molar-refractivity contribution in [3.8, 4) is 5.75 Å². The van der Waals surface area contributed by atoms with E-state index < -0.39 is 0 Å². The maximum absolute atomic E-state index is 11.5. The van der Waals surface area contributed by atoms with Crippen LogP contribution in [-0.2, 0) is 4.74 Å². The lowest BCUT2D eigenvalue weighted by Gasteiger charge is -2.05. The molecule has 22 heavy (non-hydrogen) atoms. The molecule has 0 aliphatic rings. The third-order valence-corrected chi connectivity index (χ3v) is 3.48. The number of esters is 1. The molecule has 0 radical (unpaired) electrons. The summed E-state index contributed by atoms with van der Waals surface area (Å²) in [5.74, 6) is -0.0424. The topological polar surface area (TPSA) is 58.9 Å². The van der Waals surface area contributed by atoms with Crippen molar-refractivity contribution in [2.45, 2.75) is 20.8 Å². The van der Waals surface area contributed by atoms with Crippen LogP contribution < -0.4 is 0 Å². The zero-order chi connectivity index (χ0) is 16.3. The van der Waals surface area contributed by atoms with E-state index in [0.29, 0.717) is 11.3 Å². The summed E-state index contributed by atoms with van der Waals surface area (Å²) >= 11 is 0. The number of benzene rings is 2. The molecule has 0 atom stereocenters. The molecule has 2 rings (SSSR count). The summed E-state index contributed by atoms with van der Waals surface area (Å²) in [6.07, 6.45) is 1.75. The summed E-state index contributed by atoms with van der Waals surface area (Å²) in [6, 6.07) is 9.00. The van der Waals surface area contributed by atoms with E-state index in [2.05, 4.69) is 4.99 Å². The SMILES string of the molecule is COC(=O)c1ccc(N=Cc2cc(C)c(O)c(C)c2)c(C)c1. The first kappa shape index (κ1) is 15.8. The molecule has 0 fully saturated rings. The minimum absolute atomic E-state index is 0.316. The molecule has 0 unspecified atom stereocenters. The zero-order valence-electron chi connectivity index (χ0n) is 13.2. The van der Waals surface area contributed by atoms with Gasteiger partial charge in [-0.2, -0.15) is 0 Å². The Hall–Kier alpha value is -2.62. The molecule has 2 aromatic carbocycles. The van der Waals surface area contributed by atoms with Gasteiger partial charge in [0, 0.05) is 6.21 Å². The Balaban J connectivity index is 2.29. The second kappa shape index (κ2) is 6.43. The van der Waals surface area contributed by atoms with Crippen LogP contribution in [0.1, 0.15) is 32.6 Å². The highest BCUT2D eigenvalue weighted by atomic mass is 16.5. The second-order valence-electron chi connectivity index (χ2n) is 5.25. The van der Waals surface area contributed by atoms with Crippen molar-refractivity contribution in [1.29, 1.82) is 0 Å². The number of carbonyl (C=O) groups is 1. The molecule has 4 nitrogen and oxygen atoms in total. The lowest BCUT2D eigenvalue weighted by atomic mass is 10.1. The molecule has 0 bridgehead atoms. The lowest BCUT2D eigenvalue weighted by molar-refractivity contribution is 0.0600. The summed E-state index contributed by atoms with van der Waals surface area (Å²) in [5, 5.41) is 9.78. The fraction of sp³-hybridized carbons (Fsp3) is 0.222. The fourth-order valence-electron chi connectivity index (χ4n) is 2.25. The molecular weight excluding hydrogens is 278 g/mol. The summed E-state index contributed by atoms with van der Waals surface area (Å²) in [4.78, 5) is 15.9. The van der Waals surface area contributed by atoms with E-state index in [1.807, 2.05) is 32.9 Å². The Morgan fingerprint density at radius 3 is 2.27 bits per heavy atom. The van der Waals surface area contributed by atoms with Gasteiger partial charge in [0.15, 0.2) is 0 Å². The van der Waals surface area contributed by atoms with Gasteiger partial charge in [-0.15, -0.1) is 0 Å². The molecule has 1 N–H and O–H groups in total. The number of ether oxygens (including phenoxy) is 1. The Labute approximate surface area is 130 Å². The molecule has 0 saturated heterocycles. The highest BCUT2D eigenvalue weighted by Gasteiger charge is 2.07. The van der Waals surface area contributed by atoms with Gasteiger partial charge in [-0.1, -0.05) is 0 Å². The molecule has 2 aromatic rings. The third kappa shape index (κ3) is 3.34. The van der Waals surface area contributed by atoms with Crippen LogP contribution in [0, 0.1) is 20.8 Å². The van der Waals surface area contributed by atoms with Crippen LogP contribution in [0.15, 0.2) is 35.3 Å². The maximum Gasteiger partial charge on any atom is 0.337 e. The number of aromatic hydroxyl groups is 1. The van der Waals surface area contributed by atoms with Gasteiger partial charge in [0.1, 0.15) is 5.75 Å². The van der Waals surface area contributed by atoms with Crippen LogP contribution in [0.2, 0.25) is 0 Å². The van der Waals surface area contributed by atoms with Gasteiger partial charge in [-0.25, -0.2) is 4.79 Å². The molecule has 114 valence electrons. The molecular formula is C18H19NO3. The van der Waals surface area contributed by atoms with Crippen LogP contribution in [0.3, 0.4) is 0 Å². The zero-order valence-corrected chi connectivity index (χ0v) is 13.2. The van der Waals surface area contributed by atoms with Crippen molar-refractivity contribution in [1.82, 2.24) is 0 Å². The Morgan fingerprint density at radius 2 is 1.73 bits per heavy atom. The predicted octanol–water partition coefficient (Wildman–Crippen LogP) is 3.85. The standard InChI is InChI=1S/C18H19NO3/c1-11-9-15(18(21)22-4)5-6-16(11)19-10-14-7-12(2)17(20)13(3)8-14/h5-10,20H,1-4H3.